The van der Waals surface area contributed by atoms with Crippen molar-refractivity contribution in [2.24, 2.45) is 0 Å². The smallest absolute Gasteiger partial charge is 0.255 e. The zero-order valence-corrected chi connectivity index (χ0v) is 19.2. The van der Waals surface area contributed by atoms with Crippen LogP contribution in [0.25, 0.3) is 0 Å². The summed E-state index contributed by atoms with van der Waals surface area (Å²) in [6.45, 7) is 0.666. The van der Waals surface area contributed by atoms with Gasteiger partial charge in [0.2, 0.25) is 5.91 Å². The summed E-state index contributed by atoms with van der Waals surface area (Å²) in [5.74, 6) is 0.335. The van der Waals surface area contributed by atoms with Crippen molar-refractivity contribution in [2.75, 3.05) is 29.1 Å². The van der Waals surface area contributed by atoms with Gasteiger partial charge in [0.25, 0.3) is 5.91 Å². The Kier molecular flexibility index (Phi) is 8.11. The Bertz CT molecular complexity index is 1260. The molecule has 6 heteroatoms. The number of nitrogens with one attached hydrogen (secondary N) is 3. The molecule has 176 valence electrons. The number of hydrogen-bond donors (Lipinski definition) is 3. The third-order valence-corrected chi connectivity index (χ3v) is 5.23. The lowest BCUT2D eigenvalue weighted by Crippen LogP contribution is -2.22. The Morgan fingerprint density at radius 1 is 0.657 bits per heavy atom. The van der Waals surface area contributed by atoms with Crippen molar-refractivity contribution >= 4 is 28.9 Å². The van der Waals surface area contributed by atoms with Crippen molar-refractivity contribution in [2.45, 2.75) is 6.42 Å². The van der Waals surface area contributed by atoms with Crippen LogP contribution < -0.4 is 20.7 Å². The third kappa shape index (κ3) is 7.47. The molecule has 0 atom stereocenters. The molecular formula is C29H27N3O3. The SMILES string of the molecule is O=C(CNc1cccc(OCCc2ccccc2)c1)Nc1cccc(NC(=O)c2ccccc2)c1. The van der Waals surface area contributed by atoms with E-state index in [9.17, 15) is 9.59 Å². The maximum atomic E-state index is 12.5. The van der Waals surface area contributed by atoms with E-state index in [0.717, 1.165) is 17.9 Å². The zero-order valence-electron chi connectivity index (χ0n) is 19.2. The first-order valence-corrected chi connectivity index (χ1v) is 11.4. The molecule has 0 aromatic heterocycles. The lowest BCUT2D eigenvalue weighted by molar-refractivity contribution is -0.114. The van der Waals surface area contributed by atoms with Gasteiger partial charge < -0.3 is 20.7 Å². The number of amides is 2. The Morgan fingerprint density at radius 3 is 2.09 bits per heavy atom. The van der Waals surface area contributed by atoms with Crippen LogP contribution in [-0.4, -0.2) is 25.0 Å². The topological polar surface area (TPSA) is 79.5 Å². The first-order valence-electron chi connectivity index (χ1n) is 11.4. The number of carbonyl (C=O) groups excluding carboxylic acids is 2. The number of benzene rings is 4. The van der Waals surface area contributed by atoms with Crippen molar-refractivity contribution in [3.8, 4) is 5.75 Å². The van der Waals surface area contributed by atoms with Gasteiger partial charge in [0.15, 0.2) is 0 Å². The fourth-order valence-electron chi connectivity index (χ4n) is 3.48. The maximum Gasteiger partial charge on any atom is 0.255 e. The molecule has 0 aliphatic heterocycles. The minimum Gasteiger partial charge on any atom is -0.493 e. The van der Waals surface area contributed by atoms with Crippen LogP contribution in [0.5, 0.6) is 5.75 Å². The fourth-order valence-corrected chi connectivity index (χ4v) is 3.48. The Balaban J connectivity index is 1.25. The third-order valence-electron chi connectivity index (χ3n) is 5.23. The molecular weight excluding hydrogens is 438 g/mol. The molecule has 0 saturated heterocycles. The summed E-state index contributed by atoms with van der Waals surface area (Å²) in [7, 11) is 0. The van der Waals surface area contributed by atoms with Gasteiger partial charge in [-0.1, -0.05) is 60.7 Å². The predicted molar refractivity (Wildman–Crippen MR) is 140 cm³/mol. The van der Waals surface area contributed by atoms with Gasteiger partial charge in [-0.25, -0.2) is 0 Å². The lowest BCUT2D eigenvalue weighted by atomic mass is 10.2. The molecule has 0 aliphatic carbocycles. The van der Waals surface area contributed by atoms with E-state index in [2.05, 4.69) is 28.1 Å². The summed E-state index contributed by atoms with van der Waals surface area (Å²) in [6, 6.07) is 33.7. The van der Waals surface area contributed by atoms with Gasteiger partial charge in [-0.2, -0.15) is 0 Å². The highest BCUT2D eigenvalue weighted by atomic mass is 16.5. The second-order valence-electron chi connectivity index (χ2n) is 7.91. The van der Waals surface area contributed by atoms with Gasteiger partial charge in [-0.3, -0.25) is 9.59 Å². The van der Waals surface area contributed by atoms with Gasteiger partial charge in [-0.15, -0.1) is 0 Å². The first kappa shape index (κ1) is 23.6. The van der Waals surface area contributed by atoms with Crippen molar-refractivity contribution in [1.29, 1.82) is 0 Å². The Hall–Kier alpha value is -4.58. The summed E-state index contributed by atoms with van der Waals surface area (Å²) in [6.07, 6.45) is 0.825. The number of rotatable bonds is 10. The molecule has 0 bridgehead atoms. The van der Waals surface area contributed by atoms with E-state index in [-0.39, 0.29) is 18.4 Å². The number of anilines is 3. The van der Waals surface area contributed by atoms with E-state index in [0.29, 0.717) is 23.5 Å². The zero-order chi connectivity index (χ0) is 24.3. The van der Waals surface area contributed by atoms with Gasteiger partial charge in [0.05, 0.1) is 13.2 Å². The van der Waals surface area contributed by atoms with Crippen LogP contribution in [-0.2, 0) is 11.2 Å². The van der Waals surface area contributed by atoms with Crippen LogP contribution >= 0.6 is 0 Å². The molecule has 4 aromatic rings. The monoisotopic (exact) mass is 465 g/mol. The highest BCUT2D eigenvalue weighted by Crippen LogP contribution is 2.19. The molecule has 0 aliphatic rings. The average Bonchev–Trinajstić information content (AvgIpc) is 2.89. The minimum atomic E-state index is -0.207. The summed E-state index contributed by atoms with van der Waals surface area (Å²) < 4.78 is 5.85. The molecule has 3 N–H and O–H groups in total. The van der Waals surface area contributed by atoms with Crippen LogP contribution in [0.15, 0.2) is 109 Å². The summed E-state index contributed by atoms with van der Waals surface area (Å²) in [5, 5.41) is 8.81. The molecule has 0 fully saturated rings. The highest BCUT2D eigenvalue weighted by molar-refractivity contribution is 6.04. The molecule has 35 heavy (non-hydrogen) atoms. The Labute approximate surface area is 205 Å². The Morgan fingerprint density at radius 2 is 1.31 bits per heavy atom. The summed E-state index contributed by atoms with van der Waals surface area (Å²) in [4.78, 5) is 24.8. The highest BCUT2D eigenvalue weighted by Gasteiger charge is 2.07. The molecule has 0 spiro atoms. The molecule has 4 rings (SSSR count). The van der Waals surface area contributed by atoms with E-state index < -0.39 is 0 Å². The standard InChI is InChI=1S/C29H27N3O3/c33-28(31-25-14-7-15-26(19-25)32-29(34)23-11-5-2-6-12-23)21-30-24-13-8-16-27(20-24)35-18-17-22-9-3-1-4-10-22/h1-16,19-20,30H,17-18,21H2,(H,31,33)(H,32,34). The van der Waals surface area contributed by atoms with E-state index >= 15 is 0 Å². The molecule has 6 nitrogen and oxygen atoms in total. The van der Waals surface area contributed by atoms with Gasteiger partial charge >= 0.3 is 0 Å². The van der Waals surface area contributed by atoms with Crippen molar-refractivity contribution in [3.05, 3.63) is 120 Å². The second-order valence-corrected chi connectivity index (χ2v) is 7.91. The molecule has 4 aromatic carbocycles. The minimum absolute atomic E-state index is 0.0913. The second kappa shape index (κ2) is 12.0. The van der Waals surface area contributed by atoms with E-state index in [1.54, 1.807) is 36.4 Å². The van der Waals surface area contributed by atoms with E-state index in [1.165, 1.54) is 5.56 Å². The molecule has 0 heterocycles. The van der Waals surface area contributed by atoms with Gasteiger partial charge in [0.1, 0.15) is 5.75 Å². The number of carbonyl (C=O) groups is 2. The predicted octanol–water partition coefficient (Wildman–Crippen LogP) is 5.61. The largest absolute Gasteiger partial charge is 0.493 e. The van der Waals surface area contributed by atoms with Crippen LogP contribution in [0.2, 0.25) is 0 Å². The first-order chi connectivity index (χ1) is 17.2. The van der Waals surface area contributed by atoms with Crippen LogP contribution in [0.3, 0.4) is 0 Å². The molecule has 2 amide bonds. The number of ether oxygens (including phenoxy) is 1. The van der Waals surface area contributed by atoms with Crippen LogP contribution in [0.4, 0.5) is 17.1 Å². The maximum absolute atomic E-state index is 12.5. The quantitative estimate of drug-likeness (QED) is 0.284. The lowest BCUT2D eigenvalue weighted by Gasteiger charge is -2.11. The fraction of sp³-hybridized carbons (Fsp3) is 0.103. The van der Waals surface area contributed by atoms with E-state index in [4.69, 9.17) is 4.74 Å². The van der Waals surface area contributed by atoms with Gasteiger partial charge in [-0.05, 0) is 48.0 Å². The van der Waals surface area contributed by atoms with Crippen molar-refractivity contribution in [1.82, 2.24) is 0 Å². The normalized spacial score (nSPS) is 10.3. The van der Waals surface area contributed by atoms with Crippen molar-refractivity contribution < 1.29 is 14.3 Å². The molecule has 0 saturated carbocycles. The van der Waals surface area contributed by atoms with Gasteiger partial charge in [0, 0.05) is 35.1 Å². The van der Waals surface area contributed by atoms with E-state index in [1.807, 2.05) is 60.7 Å². The van der Waals surface area contributed by atoms with Crippen LogP contribution in [0.1, 0.15) is 15.9 Å². The molecule has 0 radical (unpaired) electrons. The molecule has 0 unspecified atom stereocenters. The van der Waals surface area contributed by atoms with Crippen LogP contribution in [0, 0.1) is 0 Å². The van der Waals surface area contributed by atoms with Crippen molar-refractivity contribution in [3.63, 3.8) is 0 Å². The summed E-state index contributed by atoms with van der Waals surface area (Å²) >= 11 is 0. The number of hydrogen-bond acceptors (Lipinski definition) is 4. The summed E-state index contributed by atoms with van der Waals surface area (Å²) in [5.41, 5.74) is 3.78. The average molecular weight is 466 g/mol.